The highest BCUT2D eigenvalue weighted by atomic mass is 35.5. The quantitative estimate of drug-likeness (QED) is 0.839. The van der Waals surface area contributed by atoms with Gasteiger partial charge in [-0.3, -0.25) is 4.90 Å². The van der Waals surface area contributed by atoms with Gasteiger partial charge in [-0.15, -0.1) is 0 Å². The first-order valence-electron chi connectivity index (χ1n) is 7.68. The molecule has 0 spiro atoms. The third-order valence-electron chi connectivity index (χ3n) is 4.04. The van der Waals surface area contributed by atoms with E-state index in [4.69, 9.17) is 21.9 Å². The zero-order valence-corrected chi connectivity index (χ0v) is 14.0. The van der Waals surface area contributed by atoms with Gasteiger partial charge in [0.1, 0.15) is 11.0 Å². The van der Waals surface area contributed by atoms with Crippen LogP contribution in [0.25, 0.3) is 0 Å². The summed E-state index contributed by atoms with van der Waals surface area (Å²) in [6.07, 6.45) is 0.778. The van der Waals surface area contributed by atoms with Crippen molar-refractivity contribution in [2.75, 3.05) is 36.8 Å². The van der Waals surface area contributed by atoms with Crippen LogP contribution in [0, 0.1) is 0 Å². The Kier molecular flexibility index (Phi) is 4.63. The molecule has 8 nitrogen and oxygen atoms in total. The van der Waals surface area contributed by atoms with E-state index in [-0.39, 0.29) is 12.0 Å². The molecule has 2 aromatic rings. The normalized spacial score (nSPS) is 17.4. The SMILES string of the molecule is CCc1noc([C@@H](C)N2CCN(c3cc(Cl)nc(N)n3)CC2)n1. The molecular weight excluding hydrogens is 318 g/mol. The topological polar surface area (TPSA) is 97.2 Å². The van der Waals surface area contributed by atoms with Crippen LogP contribution in [-0.2, 0) is 6.42 Å². The van der Waals surface area contributed by atoms with Gasteiger partial charge in [0.25, 0.3) is 0 Å². The Morgan fingerprint density at radius 2 is 2.00 bits per heavy atom. The lowest BCUT2D eigenvalue weighted by Crippen LogP contribution is -2.47. The minimum atomic E-state index is 0.101. The fourth-order valence-corrected chi connectivity index (χ4v) is 2.84. The van der Waals surface area contributed by atoms with Crippen LogP contribution >= 0.6 is 11.6 Å². The zero-order chi connectivity index (χ0) is 16.4. The van der Waals surface area contributed by atoms with E-state index in [0.29, 0.717) is 11.0 Å². The number of halogens is 1. The van der Waals surface area contributed by atoms with Gasteiger partial charge in [-0.05, 0) is 6.92 Å². The van der Waals surface area contributed by atoms with Gasteiger partial charge in [-0.2, -0.15) is 9.97 Å². The maximum Gasteiger partial charge on any atom is 0.243 e. The largest absolute Gasteiger partial charge is 0.368 e. The van der Waals surface area contributed by atoms with Gasteiger partial charge in [0.05, 0.1) is 6.04 Å². The average Bonchev–Trinajstić information content (AvgIpc) is 3.02. The highest BCUT2D eigenvalue weighted by molar-refractivity contribution is 6.29. The Morgan fingerprint density at radius 1 is 1.26 bits per heavy atom. The fraction of sp³-hybridized carbons (Fsp3) is 0.571. The van der Waals surface area contributed by atoms with E-state index >= 15 is 0 Å². The molecule has 1 fully saturated rings. The van der Waals surface area contributed by atoms with E-state index in [2.05, 4.69) is 36.8 Å². The van der Waals surface area contributed by atoms with Crippen LogP contribution in [0.1, 0.15) is 31.6 Å². The van der Waals surface area contributed by atoms with Gasteiger partial charge >= 0.3 is 0 Å². The lowest BCUT2D eigenvalue weighted by atomic mass is 10.2. The Bertz CT molecular complexity index is 649. The number of nitrogens with two attached hydrogens (primary N) is 1. The Labute approximate surface area is 139 Å². The summed E-state index contributed by atoms with van der Waals surface area (Å²) in [7, 11) is 0. The van der Waals surface area contributed by atoms with E-state index in [1.165, 1.54) is 0 Å². The van der Waals surface area contributed by atoms with Crippen LogP contribution in [-0.4, -0.2) is 51.2 Å². The number of aryl methyl sites for hydroxylation is 1. The van der Waals surface area contributed by atoms with Crippen LogP contribution in [0.3, 0.4) is 0 Å². The molecule has 1 aliphatic heterocycles. The number of rotatable bonds is 4. The van der Waals surface area contributed by atoms with Crippen molar-refractivity contribution in [2.45, 2.75) is 26.3 Å². The van der Waals surface area contributed by atoms with Crippen LogP contribution in [0.2, 0.25) is 5.15 Å². The van der Waals surface area contributed by atoms with Crippen molar-refractivity contribution >= 4 is 23.4 Å². The highest BCUT2D eigenvalue weighted by Crippen LogP contribution is 2.23. The number of anilines is 2. The third kappa shape index (κ3) is 3.53. The van der Waals surface area contributed by atoms with Gasteiger partial charge in [0, 0.05) is 38.7 Å². The van der Waals surface area contributed by atoms with Crippen LogP contribution in [0.4, 0.5) is 11.8 Å². The van der Waals surface area contributed by atoms with Crippen LogP contribution in [0.5, 0.6) is 0 Å². The van der Waals surface area contributed by atoms with E-state index < -0.39 is 0 Å². The van der Waals surface area contributed by atoms with Gasteiger partial charge in [0.2, 0.25) is 11.8 Å². The second-order valence-corrected chi connectivity index (χ2v) is 5.90. The summed E-state index contributed by atoms with van der Waals surface area (Å²) in [6.45, 7) is 7.48. The number of nitrogens with zero attached hydrogens (tertiary/aromatic N) is 6. The maximum atomic E-state index is 5.95. The lowest BCUT2D eigenvalue weighted by Gasteiger charge is -2.37. The molecule has 0 aromatic carbocycles. The monoisotopic (exact) mass is 337 g/mol. The number of aromatic nitrogens is 4. The molecule has 124 valence electrons. The maximum absolute atomic E-state index is 5.95. The molecule has 0 bridgehead atoms. The highest BCUT2D eigenvalue weighted by Gasteiger charge is 2.26. The molecule has 2 aromatic heterocycles. The van der Waals surface area contributed by atoms with Gasteiger partial charge in [-0.25, -0.2) is 4.98 Å². The van der Waals surface area contributed by atoms with Crippen molar-refractivity contribution < 1.29 is 4.52 Å². The predicted octanol–water partition coefficient (Wildman–Crippen LogP) is 1.54. The molecule has 0 amide bonds. The molecule has 0 radical (unpaired) electrons. The summed E-state index contributed by atoms with van der Waals surface area (Å²) < 4.78 is 5.34. The summed E-state index contributed by atoms with van der Waals surface area (Å²) in [5, 5.41) is 4.33. The van der Waals surface area contributed by atoms with Gasteiger partial charge in [-0.1, -0.05) is 23.7 Å². The molecule has 2 N–H and O–H groups in total. The summed E-state index contributed by atoms with van der Waals surface area (Å²) >= 11 is 5.95. The first-order chi connectivity index (χ1) is 11.1. The van der Waals surface area contributed by atoms with Crippen molar-refractivity contribution in [3.8, 4) is 0 Å². The minimum absolute atomic E-state index is 0.101. The van der Waals surface area contributed by atoms with Crippen LogP contribution < -0.4 is 10.6 Å². The summed E-state index contributed by atoms with van der Waals surface area (Å²) in [6, 6.07) is 1.84. The van der Waals surface area contributed by atoms with Crippen molar-refractivity contribution in [3.05, 3.63) is 22.9 Å². The molecule has 3 heterocycles. The molecule has 1 aliphatic rings. The van der Waals surface area contributed by atoms with Crippen molar-refractivity contribution in [2.24, 2.45) is 0 Å². The van der Waals surface area contributed by atoms with E-state index in [0.717, 1.165) is 44.2 Å². The van der Waals surface area contributed by atoms with Crippen molar-refractivity contribution in [1.29, 1.82) is 0 Å². The third-order valence-corrected chi connectivity index (χ3v) is 4.24. The minimum Gasteiger partial charge on any atom is -0.368 e. The van der Waals surface area contributed by atoms with Crippen molar-refractivity contribution in [1.82, 2.24) is 25.0 Å². The molecule has 1 atom stereocenters. The smallest absolute Gasteiger partial charge is 0.243 e. The number of nitrogen functional groups attached to an aromatic ring is 1. The second kappa shape index (κ2) is 6.67. The molecule has 0 saturated carbocycles. The van der Waals surface area contributed by atoms with Gasteiger partial charge < -0.3 is 15.2 Å². The lowest BCUT2D eigenvalue weighted by molar-refractivity contribution is 0.164. The second-order valence-electron chi connectivity index (χ2n) is 5.51. The molecule has 23 heavy (non-hydrogen) atoms. The van der Waals surface area contributed by atoms with E-state index in [9.17, 15) is 0 Å². The molecule has 0 unspecified atom stereocenters. The summed E-state index contributed by atoms with van der Waals surface area (Å²) in [5.74, 6) is 2.38. The fourth-order valence-electron chi connectivity index (χ4n) is 2.66. The summed E-state index contributed by atoms with van der Waals surface area (Å²) in [5.41, 5.74) is 5.66. The Morgan fingerprint density at radius 3 is 2.61 bits per heavy atom. The Balaban J connectivity index is 1.63. The standard InChI is InChI=1S/C14H20ClN7O/c1-3-11-18-13(23-20-11)9(2)21-4-6-22(7-5-21)12-8-10(15)17-14(16)19-12/h8-9H,3-7H2,1-2H3,(H2,16,17,19)/t9-/m1/s1. The number of hydrogen-bond acceptors (Lipinski definition) is 8. The van der Waals surface area contributed by atoms with Gasteiger partial charge in [0.15, 0.2) is 5.82 Å². The zero-order valence-electron chi connectivity index (χ0n) is 13.2. The average molecular weight is 338 g/mol. The van der Waals surface area contributed by atoms with Crippen LogP contribution in [0.15, 0.2) is 10.6 Å². The molecule has 0 aliphatic carbocycles. The Hall–Kier alpha value is -1.93. The molecule has 3 rings (SSSR count). The first-order valence-corrected chi connectivity index (χ1v) is 8.06. The molecule has 1 saturated heterocycles. The number of piperazine rings is 1. The van der Waals surface area contributed by atoms with E-state index in [1.807, 2.05) is 6.92 Å². The molecule has 9 heteroatoms. The first kappa shape index (κ1) is 15.9. The summed E-state index contributed by atoms with van der Waals surface area (Å²) in [4.78, 5) is 17.0. The van der Waals surface area contributed by atoms with Crippen molar-refractivity contribution in [3.63, 3.8) is 0 Å². The number of hydrogen-bond donors (Lipinski definition) is 1. The molecular formula is C14H20ClN7O. The van der Waals surface area contributed by atoms with E-state index in [1.54, 1.807) is 6.07 Å². The predicted molar refractivity (Wildman–Crippen MR) is 87.3 cm³/mol.